The van der Waals surface area contributed by atoms with E-state index < -0.39 is 5.97 Å². The maximum Gasteiger partial charge on any atom is 0.308 e. The molecule has 4 aromatic rings. The predicted octanol–water partition coefficient (Wildman–Crippen LogP) is 5.11. The number of hydrogen-bond donors (Lipinski definition) is 1. The van der Waals surface area contributed by atoms with E-state index in [0.29, 0.717) is 0 Å². The highest BCUT2D eigenvalue weighted by Crippen LogP contribution is 2.35. The Kier molecular flexibility index (Phi) is 4.28. The summed E-state index contributed by atoms with van der Waals surface area (Å²) in [7, 11) is 0. The average Bonchev–Trinajstić information content (AvgIpc) is 3.15. The fourth-order valence-electron chi connectivity index (χ4n) is 3.09. The molecule has 1 N–H and O–H groups in total. The summed E-state index contributed by atoms with van der Waals surface area (Å²) in [4.78, 5) is 17.5. The zero-order chi connectivity index (χ0) is 19.1. The van der Waals surface area contributed by atoms with E-state index in [9.17, 15) is 14.3 Å². The zero-order valence-electron chi connectivity index (χ0n) is 14.9. The van der Waals surface area contributed by atoms with Crippen molar-refractivity contribution in [2.45, 2.75) is 20.3 Å². The SMILES string of the molecule is Cc1ccc(-c2c(CC(=O)O)sc3nc(-c4ccc(F)cc4)cn23)cc1C. The Balaban J connectivity index is 1.90. The third-order valence-corrected chi connectivity index (χ3v) is 5.68. The molecule has 6 heteroatoms. The van der Waals surface area contributed by atoms with Crippen molar-refractivity contribution in [3.63, 3.8) is 0 Å². The number of aliphatic carboxylic acids is 1. The maximum atomic E-state index is 13.2. The molecule has 0 amide bonds. The van der Waals surface area contributed by atoms with Crippen LogP contribution in [0.3, 0.4) is 0 Å². The molecule has 27 heavy (non-hydrogen) atoms. The number of halogens is 1. The number of benzene rings is 2. The summed E-state index contributed by atoms with van der Waals surface area (Å²) >= 11 is 1.37. The van der Waals surface area contributed by atoms with Crippen LogP contribution in [-0.2, 0) is 11.2 Å². The highest BCUT2D eigenvalue weighted by Gasteiger charge is 2.19. The summed E-state index contributed by atoms with van der Waals surface area (Å²) in [5.41, 5.74) is 5.69. The Morgan fingerprint density at radius 3 is 2.48 bits per heavy atom. The number of imidazole rings is 1. The molecule has 0 saturated heterocycles. The standard InChI is InChI=1S/C21H17FN2O2S/c1-12-3-4-15(9-13(12)2)20-18(10-19(25)26)27-21-23-17(11-24(20)21)14-5-7-16(22)8-6-14/h3-9,11H,10H2,1-2H3,(H,25,26). The van der Waals surface area contributed by atoms with Crippen LogP contribution in [0.2, 0.25) is 0 Å². The molecule has 0 fully saturated rings. The lowest BCUT2D eigenvalue weighted by molar-refractivity contribution is -0.136. The van der Waals surface area contributed by atoms with Crippen molar-refractivity contribution in [1.29, 1.82) is 0 Å². The summed E-state index contributed by atoms with van der Waals surface area (Å²) in [6.45, 7) is 4.08. The van der Waals surface area contributed by atoms with Gasteiger partial charge < -0.3 is 5.11 Å². The van der Waals surface area contributed by atoms with E-state index in [4.69, 9.17) is 0 Å². The van der Waals surface area contributed by atoms with Gasteiger partial charge in [0.15, 0.2) is 4.96 Å². The Morgan fingerprint density at radius 2 is 1.81 bits per heavy atom. The van der Waals surface area contributed by atoms with Crippen molar-refractivity contribution in [2.75, 3.05) is 0 Å². The van der Waals surface area contributed by atoms with Gasteiger partial charge >= 0.3 is 5.97 Å². The topological polar surface area (TPSA) is 54.6 Å². The third kappa shape index (κ3) is 3.24. The lowest BCUT2D eigenvalue weighted by Gasteiger charge is -2.07. The molecule has 0 saturated carbocycles. The van der Waals surface area contributed by atoms with Gasteiger partial charge in [-0.15, -0.1) is 11.3 Å². The molecule has 136 valence electrons. The number of rotatable bonds is 4. The highest BCUT2D eigenvalue weighted by molar-refractivity contribution is 7.17. The van der Waals surface area contributed by atoms with Gasteiger partial charge in [0.1, 0.15) is 5.82 Å². The highest BCUT2D eigenvalue weighted by atomic mass is 32.1. The van der Waals surface area contributed by atoms with Crippen LogP contribution in [0.5, 0.6) is 0 Å². The minimum Gasteiger partial charge on any atom is -0.481 e. The Hall–Kier alpha value is -2.99. The van der Waals surface area contributed by atoms with Gasteiger partial charge in [0, 0.05) is 16.6 Å². The molecule has 0 bridgehead atoms. The number of aromatic nitrogens is 2. The molecule has 4 nitrogen and oxygen atoms in total. The van der Waals surface area contributed by atoms with Crippen molar-refractivity contribution in [1.82, 2.24) is 9.38 Å². The molecular formula is C21H17FN2O2S. The van der Waals surface area contributed by atoms with E-state index in [1.165, 1.54) is 29.0 Å². The number of fused-ring (bicyclic) bond motifs is 1. The molecule has 0 unspecified atom stereocenters. The van der Waals surface area contributed by atoms with Crippen LogP contribution in [0.4, 0.5) is 4.39 Å². The molecule has 2 aromatic heterocycles. The zero-order valence-corrected chi connectivity index (χ0v) is 15.7. The van der Waals surface area contributed by atoms with Gasteiger partial charge in [-0.2, -0.15) is 0 Å². The molecule has 0 aliphatic rings. The van der Waals surface area contributed by atoms with E-state index in [1.54, 1.807) is 12.1 Å². The van der Waals surface area contributed by atoms with E-state index in [-0.39, 0.29) is 12.2 Å². The summed E-state index contributed by atoms with van der Waals surface area (Å²) < 4.78 is 15.1. The Bertz CT molecular complexity index is 1160. The lowest BCUT2D eigenvalue weighted by Crippen LogP contribution is -2.00. The molecule has 2 heterocycles. The van der Waals surface area contributed by atoms with Crippen LogP contribution >= 0.6 is 11.3 Å². The molecular weight excluding hydrogens is 363 g/mol. The van der Waals surface area contributed by atoms with E-state index in [2.05, 4.69) is 11.1 Å². The number of hydrogen-bond acceptors (Lipinski definition) is 3. The molecule has 0 aliphatic carbocycles. The number of nitrogens with zero attached hydrogens (tertiary/aromatic N) is 2. The smallest absolute Gasteiger partial charge is 0.308 e. The maximum absolute atomic E-state index is 13.2. The van der Waals surface area contributed by atoms with Crippen molar-refractivity contribution in [2.24, 2.45) is 0 Å². The number of carboxylic acid groups (broad SMARTS) is 1. The van der Waals surface area contributed by atoms with E-state index in [0.717, 1.165) is 37.9 Å². The van der Waals surface area contributed by atoms with Crippen LogP contribution in [0.15, 0.2) is 48.7 Å². The van der Waals surface area contributed by atoms with E-state index >= 15 is 0 Å². The van der Waals surface area contributed by atoms with Crippen LogP contribution in [0.1, 0.15) is 16.0 Å². The minimum absolute atomic E-state index is 0.0534. The van der Waals surface area contributed by atoms with Crippen molar-refractivity contribution >= 4 is 22.3 Å². The second-order valence-electron chi connectivity index (χ2n) is 6.53. The Morgan fingerprint density at radius 1 is 1.11 bits per heavy atom. The van der Waals surface area contributed by atoms with Gasteiger partial charge in [-0.05, 0) is 60.9 Å². The van der Waals surface area contributed by atoms with Gasteiger partial charge in [0.25, 0.3) is 0 Å². The number of carboxylic acids is 1. The first-order valence-electron chi connectivity index (χ1n) is 8.48. The number of thiazole rings is 1. The predicted molar refractivity (Wildman–Crippen MR) is 105 cm³/mol. The third-order valence-electron chi connectivity index (χ3n) is 4.63. The van der Waals surface area contributed by atoms with Gasteiger partial charge in [0.05, 0.1) is 17.8 Å². The number of carbonyl (C=O) groups is 1. The summed E-state index contributed by atoms with van der Waals surface area (Å²) in [5.74, 6) is -1.16. The normalized spacial score (nSPS) is 11.2. The van der Waals surface area contributed by atoms with Crippen LogP contribution in [0.25, 0.3) is 27.5 Å². The monoisotopic (exact) mass is 380 g/mol. The first-order chi connectivity index (χ1) is 12.9. The molecule has 0 spiro atoms. The van der Waals surface area contributed by atoms with Crippen molar-refractivity contribution in [3.05, 3.63) is 70.5 Å². The molecule has 0 aliphatic heterocycles. The van der Waals surface area contributed by atoms with Crippen LogP contribution in [-0.4, -0.2) is 20.5 Å². The van der Waals surface area contributed by atoms with Crippen LogP contribution < -0.4 is 0 Å². The largest absolute Gasteiger partial charge is 0.481 e. The van der Waals surface area contributed by atoms with Crippen LogP contribution in [0, 0.1) is 19.7 Å². The quantitative estimate of drug-likeness (QED) is 0.535. The average molecular weight is 380 g/mol. The summed E-state index contributed by atoms with van der Waals surface area (Å²) in [5, 5.41) is 9.30. The second-order valence-corrected chi connectivity index (χ2v) is 7.59. The summed E-state index contributed by atoms with van der Waals surface area (Å²) in [6.07, 6.45) is 1.83. The molecule has 4 rings (SSSR count). The molecule has 2 aromatic carbocycles. The van der Waals surface area contributed by atoms with Gasteiger partial charge in [0.2, 0.25) is 0 Å². The molecule has 0 radical (unpaired) electrons. The van der Waals surface area contributed by atoms with Gasteiger partial charge in [-0.25, -0.2) is 9.37 Å². The summed E-state index contributed by atoms with van der Waals surface area (Å²) in [6, 6.07) is 12.3. The van der Waals surface area contributed by atoms with Crippen molar-refractivity contribution in [3.8, 4) is 22.5 Å². The van der Waals surface area contributed by atoms with Gasteiger partial charge in [-0.3, -0.25) is 9.20 Å². The van der Waals surface area contributed by atoms with Gasteiger partial charge in [-0.1, -0.05) is 12.1 Å². The van der Waals surface area contributed by atoms with Crippen molar-refractivity contribution < 1.29 is 14.3 Å². The second kappa shape index (κ2) is 6.63. The first-order valence-corrected chi connectivity index (χ1v) is 9.30. The Labute approximate surface area is 159 Å². The molecule has 0 atom stereocenters. The lowest BCUT2D eigenvalue weighted by atomic mass is 10.0. The van der Waals surface area contributed by atoms with E-state index in [1.807, 2.05) is 36.6 Å². The fourth-order valence-corrected chi connectivity index (χ4v) is 4.21. The number of aryl methyl sites for hydroxylation is 2. The first kappa shape index (κ1) is 17.4. The minimum atomic E-state index is -0.872. The fraction of sp³-hybridized carbons (Fsp3) is 0.143.